The third-order valence-corrected chi connectivity index (χ3v) is 14.8. The third-order valence-electron chi connectivity index (χ3n) is 14.8. The number of carbonyl (C=O) groups is 2. The van der Waals surface area contributed by atoms with Gasteiger partial charge in [0.2, 0.25) is 5.91 Å². The maximum Gasteiger partial charge on any atom is 0.305 e. The van der Waals surface area contributed by atoms with Crippen molar-refractivity contribution in [3.63, 3.8) is 0 Å². The maximum absolute atomic E-state index is 12.5. The highest BCUT2D eigenvalue weighted by Gasteiger charge is 2.18. The van der Waals surface area contributed by atoms with Gasteiger partial charge in [0.05, 0.1) is 25.4 Å². The van der Waals surface area contributed by atoms with Crippen molar-refractivity contribution < 1.29 is 24.5 Å². The van der Waals surface area contributed by atoms with Crippen molar-refractivity contribution in [3.8, 4) is 0 Å². The molecular formula is C68H125NO5. The number of hydrogen-bond acceptors (Lipinski definition) is 5. The molecule has 0 aliphatic heterocycles. The van der Waals surface area contributed by atoms with Gasteiger partial charge in [-0.1, -0.05) is 286 Å². The van der Waals surface area contributed by atoms with Gasteiger partial charge in [-0.25, -0.2) is 0 Å². The first kappa shape index (κ1) is 71.6. The quantitative estimate of drug-likeness (QED) is 0.0320. The first-order valence-corrected chi connectivity index (χ1v) is 32.6. The van der Waals surface area contributed by atoms with Crippen LogP contribution in [0.1, 0.15) is 335 Å². The number of ether oxygens (including phenoxy) is 1. The van der Waals surface area contributed by atoms with E-state index < -0.39 is 12.1 Å². The van der Waals surface area contributed by atoms with Crippen molar-refractivity contribution in [2.24, 2.45) is 0 Å². The Bertz CT molecular complexity index is 1290. The lowest BCUT2D eigenvalue weighted by atomic mass is 10.0. The number of unbranched alkanes of at least 4 members (excludes halogenated alkanes) is 41. The molecule has 0 fully saturated rings. The Morgan fingerprint density at radius 2 is 0.676 bits per heavy atom. The second kappa shape index (κ2) is 63.1. The SMILES string of the molecule is CCCCCC/C=C\C/C=C\CCCCCCCCCC(=O)OCCCCCCCCCCC/C=C\C/C=C\CCCCCCCCCC(=O)NC(CO)C(O)/C=C/CCCCCCCCCCCCCCCC. The summed E-state index contributed by atoms with van der Waals surface area (Å²) in [6, 6.07) is -0.637. The largest absolute Gasteiger partial charge is 0.466 e. The molecule has 0 aromatic rings. The van der Waals surface area contributed by atoms with Crippen LogP contribution in [0.4, 0.5) is 0 Å². The molecule has 432 valence electrons. The van der Waals surface area contributed by atoms with E-state index in [2.05, 4.69) is 67.8 Å². The topological polar surface area (TPSA) is 95.9 Å². The molecule has 0 saturated carbocycles. The zero-order valence-electron chi connectivity index (χ0n) is 49.3. The van der Waals surface area contributed by atoms with Crippen LogP contribution in [-0.4, -0.2) is 47.4 Å². The second-order valence-corrected chi connectivity index (χ2v) is 22.1. The Morgan fingerprint density at radius 3 is 1.04 bits per heavy atom. The Kier molecular flexibility index (Phi) is 61.0. The van der Waals surface area contributed by atoms with Gasteiger partial charge in [0.25, 0.3) is 0 Å². The number of aliphatic hydroxyl groups excluding tert-OH is 2. The summed E-state index contributed by atoms with van der Waals surface area (Å²) < 4.78 is 5.49. The van der Waals surface area contributed by atoms with Crippen LogP contribution in [0.2, 0.25) is 0 Å². The number of nitrogens with one attached hydrogen (secondary N) is 1. The molecule has 1 amide bonds. The summed E-state index contributed by atoms with van der Waals surface area (Å²) >= 11 is 0. The van der Waals surface area contributed by atoms with Gasteiger partial charge in [0.15, 0.2) is 0 Å². The van der Waals surface area contributed by atoms with Gasteiger partial charge in [-0.05, 0) is 96.3 Å². The smallest absolute Gasteiger partial charge is 0.305 e. The molecule has 0 rings (SSSR count). The highest BCUT2D eigenvalue weighted by Crippen LogP contribution is 2.16. The van der Waals surface area contributed by atoms with Gasteiger partial charge in [0.1, 0.15) is 0 Å². The molecule has 0 bridgehead atoms. The minimum Gasteiger partial charge on any atom is -0.466 e. The molecule has 2 atom stereocenters. The molecule has 0 aromatic carbocycles. The van der Waals surface area contributed by atoms with Crippen LogP contribution in [0.5, 0.6) is 0 Å². The van der Waals surface area contributed by atoms with Gasteiger partial charge < -0.3 is 20.3 Å². The number of esters is 1. The predicted octanol–water partition coefficient (Wildman–Crippen LogP) is 20.7. The fourth-order valence-corrected chi connectivity index (χ4v) is 9.75. The van der Waals surface area contributed by atoms with Crippen LogP contribution >= 0.6 is 0 Å². The predicted molar refractivity (Wildman–Crippen MR) is 324 cm³/mol. The van der Waals surface area contributed by atoms with Crippen molar-refractivity contribution in [2.45, 2.75) is 347 Å². The molecule has 2 unspecified atom stereocenters. The minimum atomic E-state index is -0.852. The van der Waals surface area contributed by atoms with E-state index in [4.69, 9.17) is 4.74 Å². The zero-order valence-corrected chi connectivity index (χ0v) is 49.3. The van der Waals surface area contributed by atoms with Crippen molar-refractivity contribution in [1.82, 2.24) is 5.32 Å². The average Bonchev–Trinajstić information content (AvgIpc) is 3.40. The number of hydrogen-bond donors (Lipinski definition) is 3. The molecule has 0 spiro atoms. The van der Waals surface area contributed by atoms with Crippen molar-refractivity contribution >= 4 is 11.9 Å². The van der Waals surface area contributed by atoms with E-state index in [1.165, 1.54) is 238 Å². The van der Waals surface area contributed by atoms with Gasteiger partial charge in [0, 0.05) is 12.8 Å². The monoisotopic (exact) mass is 1040 g/mol. The molecule has 3 N–H and O–H groups in total. The van der Waals surface area contributed by atoms with E-state index in [9.17, 15) is 19.8 Å². The van der Waals surface area contributed by atoms with Crippen LogP contribution in [0.25, 0.3) is 0 Å². The highest BCUT2D eigenvalue weighted by atomic mass is 16.5. The van der Waals surface area contributed by atoms with Gasteiger partial charge in [-0.3, -0.25) is 9.59 Å². The van der Waals surface area contributed by atoms with E-state index in [1.54, 1.807) is 6.08 Å². The van der Waals surface area contributed by atoms with Gasteiger partial charge in [-0.2, -0.15) is 0 Å². The summed E-state index contributed by atoms with van der Waals surface area (Å²) in [5.41, 5.74) is 0. The maximum atomic E-state index is 12.5. The number of aliphatic hydroxyl groups is 2. The van der Waals surface area contributed by atoms with Crippen LogP contribution in [-0.2, 0) is 14.3 Å². The number of amides is 1. The average molecular weight is 1040 g/mol. The highest BCUT2D eigenvalue weighted by molar-refractivity contribution is 5.76. The van der Waals surface area contributed by atoms with Crippen molar-refractivity contribution in [1.29, 1.82) is 0 Å². The van der Waals surface area contributed by atoms with E-state index in [0.717, 1.165) is 70.6 Å². The van der Waals surface area contributed by atoms with Crippen molar-refractivity contribution in [3.05, 3.63) is 60.8 Å². The summed E-state index contributed by atoms with van der Waals surface area (Å²) in [7, 11) is 0. The summed E-state index contributed by atoms with van der Waals surface area (Å²) in [4.78, 5) is 24.6. The van der Waals surface area contributed by atoms with Crippen LogP contribution in [0.3, 0.4) is 0 Å². The summed E-state index contributed by atoms with van der Waals surface area (Å²) in [6.45, 7) is 4.88. The third kappa shape index (κ3) is 58.8. The first-order valence-electron chi connectivity index (χ1n) is 32.6. The molecule has 0 aliphatic rings. The molecule has 0 aliphatic carbocycles. The lowest BCUT2D eigenvalue weighted by Gasteiger charge is -2.20. The molecule has 74 heavy (non-hydrogen) atoms. The van der Waals surface area contributed by atoms with Gasteiger partial charge >= 0.3 is 5.97 Å². The van der Waals surface area contributed by atoms with E-state index in [0.29, 0.717) is 19.4 Å². The first-order chi connectivity index (χ1) is 36.5. The zero-order chi connectivity index (χ0) is 53.6. The Morgan fingerprint density at radius 1 is 0.378 bits per heavy atom. The van der Waals surface area contributed by atoms with E-state index in [-0.39, 0.29) is 18.5 Å². The standard InChI is InChI=1S/C68H125NO5/c1-3-5-7-9-11-13-15-17-19-21-30-34-38-42-46-50-54-58-62-68(73)74-63-59-55-51-47-43-39-35-31-28-26-24-22-23-25-27-29-33-37-41-45-49-53-57-61-67(72)69-65(64-70)66(71)60-56-52-48-44-40-36-32-20-18-16-14-12-10-8-6-4-2/h13,15,19,21-22,24-25,27,56,60,65-66,70-71H,3-12,14,16-18,20,23,26,28-55,57-59,61-64H2,1-2H3,(H,69,72)/b15-13-,21-19-,24-22-,27-25-,60-56+. The Hall–Kier alpha value is -2.44. The lowest BCUT2D eigenvalue weighted by molar-refractivity contribution is -0.143. The molecule has 6 nitrogen and oxygen atoms in total. The summed E-state index contributed by atoms with van der Waals surface area (Å²) in [5, 5.41) is 23.1. The fraction of sp³-hybridized carbons (Fsp3) is 0.824. The molecule has 0 radical (unpaired) electrons. The summed E-state index contributed by atoms with van der Waals surface area (Å²) in [6.07, 6.45) is 82.6. The number of carbonyl (C=O) groups excluding carboxylic acids is 2. The van der Waals surface area contributed by atoms with Crippen LogP contribution < -0.4 is 5.32 Å². The molecule has 0 aromatic heterocycles. The van der Waals surface area contributed by atoms with Gasteiger partial charge in [-0.15, -0.1) is 0 Å². The Balaban J connectivity index is 3.47. The molecule has 0 saturated heterocycles. The second-order valence-electron chi connectivity index (χ2n) is 22.1. The lowest BCUT2D eigenvalue weighted by Crippen LogP contribution is -2.45. The number of rotatable bonds is 60. The molecule has 6 heteroatoms. The van der Waals surface area contributed by atoms with Crippen LogP contribution in [0, 0.1) is 0 Å². The summed E-state index contributed by atoms with van der Waals surface area (Å²) in [5.74, 6) is -0.0791. The normalized spacial score (nSPS) is 13.0. The Labute approximate surface area is 460 Å². The van der Waals surface area contributed by atoms with E-state index in [1.807, 2.05) is 6.08 Å². The number of allylic oxidation sites excluding steroid dienone is 9. The van der Waals surface area contributed by atoms with Crippen molar-refractivity contribution in [2.75, 3.05) is 13.2 Å². The molecular weight excluding hydrogens is 911 g/mol. The molecule has 0 heterocycles. The van der Waals surface area contributed by atoms with Crippen LogP contribution in [0.15, 0.2) is 60.8 Å². The van der Waals surface area contributed by atoms with E-state index >= 15 is 0 Å². The minimum absolute atomic E-state index is 0.00119. The fourth-order valence-electron chi connectivity index (χ4n) is 9.75.